The molecule has 2 N–H and O–H groups in total. The molecule has 2 aromatic carbocycles. The lowest BCUT2D eigenvalue weighted by Crippen LogP contribution is -2.35. The minimum atomic E-state index is -0.401. The van der Waals surface area contributed by atoms with Crippen LogP contribution in [0.3, 0.4) is 0 Å². The smallest absolute Gasteiger partial charge is 0.254 e. The maximum Gasteiger partial charge on any atom is 0.254 e. The Bertz CT molecular complexity index is 1030. The molecular formula is C24H23ClN2O2. The third kappa shape index (κ3) is 3.85. The number of dihydropyridines is 1. The lowest BCUT2D eigenvalue weighted by Gasteiger charge is -2.34. The van der Waals surface area contributed by atoms with E-state index in [1.165, 1.54) is 0 Å². The minimum Gasteiger partial charge on any atom is -0.362 e. The average Bonchev–Trinajstić information content (AvgIpc) is 2.69. The molecule has 148 valence electrons. The molecular weight excluding hydrogens is 384 g/mol. The van der Waals surface area contributed by atoms with E-state index in [-0.39, 0.29) is 11.7 Å². The van der Waals surface area contributed by atoms with Crippen molar-refractivity contribution >= 4 is 29.0 Å². The monoisotopic (exact) mass is 406 g/mol. The van der Waals surface area contributed by atoms with Gasteiger partial charge in [0.1, 0.15) is 0 Å². The van der Waals surface area contributed by atoms with Gasteiger partial charge in [-0.25, -0.2) is 0 Å². The highest BCUT2D eigenvalue weighted by molar-refractivity contribution is 6.30. The van der Waals surface area contributed by atoms with Crippen LogP contribution in [0.2, 0.25) is 5.02 Å². The molecule has 0 aromatic heterocycles. The standard InChI is InChI=1S/C24H23ClN2O2/c1-14-6-12-18(13-7-14)27-24(29)21-15(2)26-19-4-3-5-20(28)23(19)22(21)16-8-10-17(25)11-9-16/h6-13,22,26H,3-5H2,1-2H3,(H,27,29). The number of ketones is 1. The first kappa shape index (κ1) is 19.5. The highest BCUT2D eigenvalue weighted by Gasteiger charge is 2.38. The summed E-state index contributed by atoms with van der Waals surface area (Å²) < 4.78 is 0. The Morgan fingerprint density at radius 2 is 1.72 bits per heavy atom. The highest BCUT2D eigenvalue weighted by Crippen LogP contribution is 2.42. The van der Waals surface area contributed by atoms with Crippen LogP contribution in [0.5, 0.6) is 0 Å². The number of hydrogen-bond donors (Lipinski definition) is 2. The van der Waals surface area contributed by atoms with Gasteiger partial charge in [-0.2, -0.15) is 0 Å². The number of carbonyl (C=O) groups is 2. The fourth-order valence-electron chi connectivity index (χ4n) is 4.11. The van der Waals surface area contributed by atoms with Crippen molar-refractivity contribution in [1.29, 1.82) is 0 Å². The number of hydrogen-bond acceptors (Lipinski definition) is 3. The zero-order valence-corrected chi connectivity index (χ0v) is 17.3. The molecule has 2 aromatic rings. The van der Waals surface area contributed by atoms with Gasteiger partial charge in [0.2, 0.25) is 0 Å². The SMILES string of the molecule is CC1=C(C(=O)Nc2ccc(C)cc2)C(c2ccc(Cl)cc2)C2=C(CCCC2=O)N1. The topological polar surface area (TPSA) is 58.2 Å². The van der Waals surface area contributed by atoms with Gasteiger partial charge in [-0.3, -0.25) is 9.59 Å². The quantitative estimate of drug-likeness (QED) is 0.731. The molecule has 1 aliphatic carbocycles. The summed E-state index contributed by atoms with van der Waals surface area (Å²) in [5, 5.41) is 6.95. The molecule has 0 fully saturated rings. The van der Waals surface area contributed by atoms with Crippen LogP contribution in [0, 0.1) is 6.92 Å². The first-order chi connectivity index (χ1) is 13.9. The molecule has 1 amide bonds. The van der Waals surface area contributed by atoms with Crippen molar-refractivity contribution in [1.82, 2.24) is 5.32 Å². The third-order valence-electron chi connectivity index (χ3n) is 5.53. The summed E-state index contributed by atoms with van der Waals surface area (Å²) in [5.74, 6) is -0.502. The fourth-order valence-corrected chi connectivity index (χ4v) is 4.23. The van der Waals surface area contributed by atoms with Crippen molar-refractivity contribution in [2.24, 2.45) is 0 Å². The molecule has 0 saturated carbocycles. The number of halogens is 1. The zero-order valence-electron chi connectivity index (χ0n) is 16.5. The van der Waals surface area contributed by atoms with Crippen LogP contribution in [-0.2, 0) is 9.59 Å². The van der Waals surface area contributed by atoms with Crippen molar-refractivity contribution < 1.29 is 9.59 Å². The van der Waals surface area contributed by atoms with E-state index < -0.39 is 5.92 Å². The molecule has 0 spiro atoms. The summed E-state index contributed by atoms with van der Waals surface area (Å²) in [4.78, 5) is 26.2. The summed E-state index contributed by atoms with van der Waals surface area (Å²) in [7, 11) is 0. The maximum absolute atomic E-state index is 13.3. The molecule has 29 heavy (non-hydrogen) atoms. The second-order valence-electron chi connectivity index (χ2n) is 7.64. The normalized spacial score (nSPS) is 19.0. The first-order valence-corrected chi connectivity index (χ1v) is 10.2. The van der Waals surface area contributed by atoms with E-state index in [4.69, 9.17) is 11.6 Å². The van der Waals surface area contributed by atoms with E-state index in [1.807, 2.05) is 50.2 Å². The van der Waals surface area contributed by atoms with Gasteiger partial charge in [0.15, 0.2) is 5.78 Å². The Morgan fingerprint density at radius 1 is 1.03 bits per heavy atom. The van der Waals surface area contributed by atoms with Crippen molar-refractivity contribution in [3.8, 4) is 0 Å². The van der Waals surface area contributed by atoms with Gasteiger partial charge in [0, 0.05) is 45.6 Å². The largest absolute Gasteiger partial charge is 0.362 e. The Balaban J connectivity index is 1.77. The second kappa shape index (κ2) is 7.88. The maximum atomic E-state index is 13.3. The van der Waals surface area contributed by atoms with Gasteiger partial charge in [0.05, 0.1) is 0 Å². The van der Waals surface area contributed by atoms with Gasteiger partial charge >= 0.3 is 0 Å². The summed E-state index contributed by atoms with van der Waals surface area (Å²) in [6.07, 6.45) is 2.15. The van der Waals surface area contributed by atoms with E-state index in [0.717, 1.165) is 41.1 Å². The number of nitrogens with one attached hydrogen (secondary N) is 2. The minimum absolute atomic E-state index is 0.104. The molecule has 5 heteroatoms. The molecule has 1 atom stereocenters. The Hall–Kier alpha value is -2.85. The summed E-state index contributed by atoms with van der Waals surface area (Å²) in [5.41, 5.74) is 5.74. The van der Waals surface area contributed by atoms with Crippen LogP contribution in [-0.4, -0.2) is 11.7 Å². The van der Waals surface area contributed by atoms with Gasteiger partial charge in [-0.05, 0) is 56.5 Å². The van der Waals surface area contributed by atoms with Gasteiger partial charge in [-0.1, -0.05) is 41.4 Å². The average molecular weight is 407 g/mol. The van der Waals surface area contributed by atoms with Crippen LogP contribution in [0.4, 0.5) is 5.69 Å². The predicted molar refractivity (Wildman–Crippen MR) is 116 cm³/mol. The number of rotatable bonds is 3. The van der Waals surface area contributed by atoms with Gasteiger partial charge in [0.25, 0.3) is 5.91 Å². The lowest BCUT2D eigenvalue weighted by atomic mass is 9.75. The van der Waals surface area contributed by atoms with E-state index in [0.29, 0.717) is 22.6 Å². The van der Waals surface area contributed by atoms with Gasteiger partial charge < -0.3 is 10.6 Å². The van der Waals surface area contributed by atoms with Gasteiger partial charge in [-0.15, -0.1) is 0 Å². The van der Waals surface area contributed by atoms with E-state index in [1.54, 1.807) is 12.1 Å². The Morgan fingerprint density at radius 3 is 2.41 bits per heavy atom. The highest BCUT2D eigenvalue weighted by atomic mass is 35.5. The molecule has 4 nitrogen and oxygen atoms in total. The van der Waals surface area contributed by atoms with Crippen LogP contribution < -0.4 is 10.6 Å². The van der Waals surface area contributed by atoms with Crippen LogP contribution in [0.1, 0.15) is 43.2 Å². The lowest BCUT2D eigenvalue weighted by molar-refractivity contribution is -0.116. The zero-order chi connectivity index (χ0) is 20.5. The number of aryl methyl sites for hydroxylation is 1. The number of anilines is 1. The predicted octanol–water partition coefficient (Wildman–Crippen LogP) is 5.26. The molecule has 1 aliphatic heterocycles. The number of Topliss-reactive ketones (excluding diaryl/α,β-unsaturated/α-hetero) is 1. The number of carbonyl (C=O) groups excluding carboxylic acids is 2. The second-order valence-corrected chi connectivity index (χ2v) is 8.07. The Labute approximate surface area is 175 Å². The number of benzene rings is 2. The molecule has 0 saturated heterocycles. The molecule has 0 radical (unpaired) electrons. The first-order valence-electron chi connectivity index (χ1n) is 9.81. The van der Waals surface area contributed by atoms with E-state index in [9.17, 15) is 9.59 Å². The van der Waals surface area contributed by atoms with Crippen LogP contribution in [0.25, 0.3) is 0 Å². The van der Waals surface area contributed by atoms with E-state index >= 15 is 0 Å². The Kier molecular flexibility index (Phi) is 5.29. The molecule has 1 heterocycles. The summed E-state index contributed by atoms with van der Waals surface area (Å²) >= 11 is 6.08. The van der Waals surface area contributed by atoms with E-state index in [2.05, 4.69) is 10.6 Å². The summed E-state index contributed by atoms with van der Waals surface area (Å²) in [6, 6.07) is 15.1. The molecule has 1 unspecified atom stereocenters. The van der Waals surface area contributed by atoms with Crippen molar-refractivity contribution in [3.05, 3.63) is 87.2 Å². The fraction of sp³-hybridized carbons (Fsp3) is 0.250. The van der Waals surface area contributed by atoms with Crippen LogP contribution >= 0.6 is 11.6 Å². The third-order valence-corrected chi connectivity index (χ3v) is 5.79. The molecule has 0 bridgehead atoms. The molecule has 2 aliphatic rings. The molecule has 4 rings (SSSR count). The van der Waals surface area contributed by atoms with Crippen LogP contribution in [0.15, 0.2) is 71.1 Å². The summed E-state index contributed by atoms with van der Waals surface area (Å²) in [6.45, 7) is 3.90. The van der Waals surface area contributed by atoms with Crippen molar-refractivity contribution in [2.45, 2.75) is 39.0 Å². The van der Waals surface area contributed by atoms with Crippen molar-refractivity contribution in [3.63, 3.8) is 0 Å². The van der Waals surface area contributed by atoms with Crippen molar-refractivity contribution in [2.75, 3.05) is 5.32 Å². The number of allylic oxidation sites excluding steroid dienone is 3. The number of amides is 1.